The maximum atomic E-state index is 11.1. The summed E-state index contributed by atoms with van der Waals surface area (Å²) >= 11 is 0. The van der Waals surface area contributed by atoms with E-state index in [2.05, 4.69) is 4.74 Å². The van der Waals surface area contributed by atoms with Crippen LogP contribution >= 0.6 is 0 Å². The van der Waals surface area contributed by atoms with Crippen LogP contribution in [-0.4, -0.2) is 18.7 Å². The van der Waals surface area contributed by atoms with E-state index < -0.39 is 12.1 Å². The first kappa shape index (κ1) is 10.8. The minimum absolute atomic E-state index is 0.0521. The first-order valence-electron chi connectivity index (χ1n) is 3.84. The molecular weight excluding hydrogens is 158 g/mol. The Bertz CT molecular complexity index is 183. The maximum absolute atomic E-state index is 11.1. The number of carbonyl (C=O) groups excluding carboxylic acids is 1. The molecule has 0 spiro atoms. The summed E-state index contributed by atoms with van der Waals surface area (Å²) in [6.45, 7) is 5.59. The molecule has 0 saturated carbocycles. The lowest BCUT2D eigenvalue weighted by Crippen LogP contribution is -2.30. The van der Waals surface area contributed by atoms with Crippen molar-refractivity contribution in [3.63, 3.8) is 0 Å². The van der Waals surface area contributed by atoms with E-state index in [0.717, 1.165) is 0 Å². The van der Waals surface area contributed by atoms with Gasteiger partial charge in [0.05, 0.1) is 6.61 Å². The van der Waals surface area contributed by atoms with Gasteiger partial charge in [0, 0.05) is 5.92 Å². The molecule has 4 nitrogen and oxygen atoms in total. The fourth-order valence-corrected chi connectivity index (χ4v) is 0.738. The van der Waals surface area contributed by atoms with Gasteiger partial charge in [-0.1, -0.05) is 13.8 Å². The summed E-state index contributed by atoms with van der Waals surface area (Å²) in [6, 6.07) is 0. The summed E-state index contributed by atoms with van der Waals surface area (Å²) in [4.78, 5) is 11.1. The van der Waals surface area contributed by atoms with Gasteiger partial charge < -0.3 is 9.47 Å². The van der Waals surface area contributed by atoms with Crippen LogP contribution in [0.5, 0.6) is 0 Å². The molecule has 0 N–H and O–H groups in total. The molecule has 4 heteroatoms. The van der Waals surface area contributed by atoms with Gasteiger partial charge >= 0.3 is 5.97 Å². The van der Waals surface area contributed by atoms with Crippen LogP contribution in [0.4, 0.5) is 0 Å². The molecule has 68 valence electrons. The van der Waals surface area contributed by atoms with Crippen molar-refractivity contribution in [2.45, 2.75) is 26.9 Å². The molecule has 0 fully saturated rings. The van der Waals surface area contributed by atoms with Crippen molar-refractivity contribution in [1.29, 1.82) is 5.26 Å². The van der Waals surface area contributed by atoms with Crippen LogP contribution in [0.25, 0.3) is 0 Å². The zero-order valence-corrected chi connectivity index (χ0v) is 7.53. The molecule has 0 amide bonds. The Kier molecular flexibility index (Phi) is 4.86. The van der Waals surface area contributed by atoms with Gasteiger partial charge in [0.25, 0.3) is 6.26 Å². The highest BCUT2D eigenvalue weighted by Crippen LogP contribution is 2.07. The van der Waals surface area contributed by atoms with Crippen molar-refractivity contribution in [3.8, 4) is 6.26 Å². The number of ether oxygens (including phenoxy) is 2. The average molecular weight is 171 g/mol. The highest BCUT2D eigenvalue weighted by Gasteiger charge is 2.24. The predicted molar refractivity (Wildman–Crippen MR) is 42.0 cm³/mol. The second kappa shape index (κ2) is 5.42. The normalized spacial score (nSPS) is 11.9. The van der Waals surface area contributed by atoms with E-state index in [9.17, 15) is 4.79 Å². The maximum Gasteiger partial charge on any atom is 0.348 e. The van der Waals surface area contributed by atoms with Gasteiger partial charge in [-0.05, 0) is 6.92 Å². The third-order valence-corrected chi connectivity index (χ3v) is 1.30. The first-order valence-corrected chi connectivity index (χ1v) is 3.84. The topological polar surface area (TPSA) is 59.3 Å². The summed E-state index contributed by atoms with van der Waals surface area (Å²) in [5.41, 5.74) is 0. The summed E-state index contributed by atoms with van der Waals surface area (Å²) in [6.07, 6.45) is 0.719. The van der Waals surface area contributed by atoms with Crippen molar-refractivity contribution in [1.82, 2.24) is 0 Å². The fraction of sp³-hybridized carbons (Fsp3) is 0.750. The van der Waals surface area contributed by atoms with Gasteiger partial charge in [-0.2, -0.15) is 5.26 Å². The standard InChI is InChI=1S/C8H13NO3/c1-4-11-8(10)7(6(2)3)12-5-9/h6-7H,4H2,1-3H3. The predicted octanol–water partition coefficient (Wildman–Crippen LogP) is 1.07. The molecule has 0 radical (unpaired) electrons. The van der Waals surface area contributed by atoms with Gasteiger partial charge in [-0.3, -0.25) is 0 Å². The summed E-state index contributed by atoms with van der Waals surface area (Å²) in [5.74, 6) is -0.530. The Hall–Kier alpha value is -1.24. The van der Waals surface area contributed by atoms with E-state index in [1.165, 1.54) is 6.26 Å². The Morgan fingerprint density at radius 1 is 1.58 bits per heavy atom. The second-order valence-corrected chi connectivity index (χ2v) is 2.63. The molecule has 1 unspecified atom stereocenters. The molecule has 0 aromatic carbocycles. The number of rotatable bonds is 4. The van der Waals surface area contributed by atoms with Crippen molar-refractivity contribution < 1.29 is 14.3 Å². The average Bonchev–Trinajstić information content (AvgIpc) is 1.99. The molecular formula is C8H13NO3. The number of nitriles is 1. The molecule has 0 aromatic heterocycles. The molecule has 0 aromatic rings. The van der Waals surface area contributed by atoms with Crippen molar-refractivity contribution >= 4 is 5.97 Å². The third-order valence-electron chi connectivity index (χ3n) is 1.30. The van der Waals surface area contributed by atoms with Crippen molar-refractivity contribution in [2.24, 2.45) is 5.92 Å². The van der Waals surface area contributed by atoms with E-state index in [1.807, 2.05) is 0 Å². The Morgan fingerprint density at radius 2 is 2.17 bits per heavy atom. The van der Waals surface area contributed by atoms with E-state index in [1.54, 1.807) is 20.8 Å². The Morgan fingerprint density at radius 3 is 2.50 bits per heavy atom. The first-order chi connectivity index (χ1) is 5.63. The highest BCUT2D eigenvalue weighted by molar-refractivity contribution is 5.75. The molecule has 1 atom stereocenters. The van der Waals surface area contributed by atoms with Gasteiger partial charge in [-0.15, -0.1) is 0 Å². The van der Waals surface area contributed by atoms with Crippen LogP contribution in [0.1, 0.15) is 20.8 Å². The van der Waals surface area contributed by atoms with E-state index in [0.29, 0.717) is 6.61 Å². The van der Waals surface area contributed by atoms with Crippen LogP contribution in [-0.2, 0) is 14.3 Å². The summed E-state index contributed by atoms with van der Waals surface area (Å²) in [7, 11) is 0. The van der Waals surface area contributed by atoms with Crippen LogP contribution in [0.2, 0.25) is 0 Å². The molecule has 0 aliphatic rings. The lowest BCUT2D eigenvalue weighted by Gasteiger charge is -2.15. The largest absolute Gasteiger partial charge is 0.463 e. The lowest BCUT2D eigenvalue weighted by atomic mass is 10.1. The monoisotopic (exact) mass is 171 g/mol. The van der Waals surface area contributed by atoms with E-state index in [4.69, 9.17) is 10.00 Å². The Labute approximate surface area is 72.1 Å². The van der Waals surface area contributed by atoms with Gasteiger partial charge in [-0.25, -0.2) is 4.79 Å². The van der Waals surface area contributed by atoms with Crippen LogP contribution in [0.3, 0.4) is 0 Å². The number of esters is 1. The molecule has 0 bridgehead atoms. The molecule has 0 aliphatic carbocycles. The molecule has 0 saturated heterocycles. The van der Waals surface area contributed by atoms with Crippen LogP contribution in [0.15, 0.2) is 0 Å². The Balaban J connectivity index is 4.11. The zero-order valence-electron chi connectivity index (χ0n) is 7.53. The number of hydrogen-bond acceptors (Lipinski definition) is 4. The molecule has 0 rings (SSSR count). The fourth-order valence-electron chi connectivity index (χ4n) is 0.738. The second-order valence-electron chi connectivity index (χ2n) is 2.63. The minimum atomic E-state index is -0.769. The smallest absolute Gasteiger partial charge is 0.348 e. The van der Waals surface area contributed by atoms with E-state index >= 15 is 0 Å². The van der Waals surface area contributed by atoms with Crippen molar-refractivity contribution in [2.75, 3.05) is 6.61 Å². The molecule has 0 heterocycles. The lowest BCUT2D eigenvalue weighted by molar-refractivity contribution is -0.155. The molecule has 12 heavy (non-hydrogen) atoms. The van der Waals surface area contributed by atoms with Crippen LogP contribution in [0, 0.1) is 17.4 Å². The van der Waals surface area contributed by atoms with Gasteiger partial charge in [0.1, 0.15) is 0 Å². The van der Waals surface area contributed by atoms with Crippen molar-refractivity contribution in [3.05, 3.63) is 0 Å². The number of hydrogen-bond donors (Lipinski definition) is 0. The van der Waals surface area contributed by atoms with Crippen LogP contribution < -0.4 is 0 Å². The zero-order chi connectivity index (χ0) is 9.56. The number of nitrogens with zero attached hydrogens (tertiary/aromatic N) is 1. The van der Waals surface area contributed by atoms with Gasteiger partial charge in [0.2, 0.25) is 6.10 Å². The number of carbonyl (C=O) groups is 1. The van der Waals surface area contributed by atoms with E-state index in [-0.39, 0.29) is 5.92 Å². The summed E-state index contributed by atoms with van der Waals surface area (Å²) < 4.78 is 9.25. The third kappa shape index (κ3) is 3.24. The van der Waals surface area contributed by atoms with Gasteiger partial charge in [0.15, 0.2) is 0 Å². The SMILES string of the molecule is CCOC(=O)C(OC#N)C(C)C. The minimum Gasteiger partial charge on any atom is -0.463 e. The quantitative estimate of drug-likeness (QED) is 0.469. The summed E-state index contributed by atoms with van der Waals surface area (Å²) in [5, 5.41) is 8.22. The molecule has 0 aliphatic heterocycles. The highest BCUT2D eigenvalue weighted by atomic mass is 16.6.